The van der Waals surface area contributed by atoms with Crippen LogP contribution in [0, 0.1) is 0 Å². The third-order valence-electron chi connectivity index (χ3n) is 5.05. The van der Waals surface area contributed by atoms with Gasteiger partial charge in [0.2, 0.25) is 0 Å². The molecule has 0 bridgehead atoms. The van der Waals surface area contributed by atoms with Crippen molar-refractivity contribution in [3.05, 3.63) is 113 Å². The second-order valence-electron chi connectivity index (χ2n) is 7.49. The highest BCUT2D eigenvalue weighted by Gasteiger charge is 2.10. The van der Waals surface area contributed by atoms with E-state index in [1.165, 1.54) is 6.21 Å². The highest BCUT2D eigenvalue weighted by atomic mass is 35.5. The molecule has 0 aliphatic heterocycles. The van der Waals surface area contributed by atoms with Crippen LogP contribution in [-0.4, -0.2) is 24.6 Å². The van der Waals surface area contributed by atoms with Crippen LogP contribution < -0.4 is 15.5 Å². The Hall–Kier alpha value is -4.16. The van der Waals surface area contributed by atoms with Crippen LogP contribution in [0.3, 0.4) is 0 Å². The van der Waals surface area contributed by atoms with E-state index in [0.717, 1.165) is 21.9 Å². The minimum atomic E-state index is -0.423. The average molecular weight is 472 g/mol. The molecule has 0 aliphatic rings. The predicted octanol–water partition coefficient (Wildman–Crippen LogP) is 4.95. The number of hydrogen-bond acceptors (Lipinski definition) is 4. The van der Waals surface area contributed by atoms with Gasteiger partial charge in [-0.1, -0.05) is 60.1 Å². The number of benzene rings is 4. The summed E-state index contributed by atoms with van der Waals surface area (Å²) in [5, 5.41) is 9.06. The molecule has 0 aromatic heterocycles. The number of amides is 2. The molecule has 2 amide bonds. The summed E-state index contributed by atoms with van der Waals surface area (Å²) in [7, 11) is 0. The highest BCUT2D eigenvalue weighted by Crippen LogP contribution is 2.18. The lowest BCUT2D eigenvalue weighted by atomic mass is 10.0. The molecule has 0 heterocycles. The molecule has 6 nitrogen and oxygen atoms in total. The summed E-state index contributed by atoms with van der Waals surface area (Å²) < 4.78 is 5.75. The third kappa shape index (κ3) is 6.21. The van der Waals surface area contributed by atoms with Gasteiger partial charge < -0.3 is 10.1 Å². The summed E-state index contributed by atoms with van der Waals surface area (Å²) in [4.78, 5) is 24.6. The first-order chi connectivity index (χ1) is 16.6. The molecule has 4 aromatic rings. The SMILES string of the molecule is O=C(CNC(=O)c1cccc2ccccc12)N/N=C\c1ccc(OCc2ccc(Cl)cc2)cc1. The first-order valence-corrected chi connectivity index (χ1v) is 11.0. The second-order valence-corrected chi connectivity index (χ2v) is 7.92. The highest BCUT2D eigenvalue weighted by molar-refractivity contribution is 6.30. The van der Waals surface area contributed by atoms with Crippen LogP contribution in [0.25, 0.3) is 10.8 Å². The topological polar surface area (TPSA) is 79.8 Å². The number of nitrogens with zero attached hydrogens (tertiary/aromatic N) is 1. The number of ether oxygens (including phenoxy) is 1. The lowest BCUT2D eigenvalue weighted by Gasteiger charge is -2.07. The van der Waals surface area contributed by atoms with Crippen molar-refractivity contribution in [3.63, 3.8) is 0 Å². The van der Waals surface area contributed by atoms with Gasteiger partial charge in [0.15, 0.2) is 0 Å². The zero-order valence-corrected chi connectivity index (χ0v) is 19.0. The quantitative estimate of drug-likeness (QED) is 0.282. The van der Waals surface area contributed by atoms with Gasteiger partial charge in [0.1, 0.15) is 12.4 Å². The van der Waals surface area contributed by atoms with Crippen molar-refractivity contribution >= 4 is 40.4 Å². The van der Waals surface area contributed by atoms with E-state index in [2.05, 4.69) is 15.8 Å². The molecule has 0 spiro atoms. The van der Waals surface area contributed by atoms with E-state index in [1.807, 2.05) is 84.9 Å². The molecule has 0 aliphatic carbocycles. The van der Waals surface area contributed by atoms with Gasteiger partial charge in [0, 0.05) is 10.6 Å². The lowest BCUT2D eigenvalue weighted by molar-refractivity contribution is -0.120. The normalized spacial score (nSPS) is 10.9. The largest absolute Gasteiger partial charge is 0.489 e. The van der Waals surface area contributed by atoms with Crippen molar-refractivity contribution in [1.29, 1.82) is 0 Å². The molecule has 0 unspecified atom stereocenters. The van der Waals surface area contributed by atoms with Gasteiger partial charge in [0.25, 0.3) is 11.8 Å². The number of carbonyl (C=O) groups excluding carboxylic acids is 2. The molecular weight excluding hydrogens is 450 g/mol. The second kappa shape index (κ2) is 11.1. The molecule has 2 N–H and O–H groups in total. The summed E-state index contributed by atoms with van der Waals surface area (Å²) in [6, 6.07) is 27.9. The molecule has 0 radical (unpaired) electrons. The average Bonchev–Trinajstić information content (AvgIpc) is 2.87. The lowest BCUT2D eigenvalue weighted by Crippen LogP contribution is -2.35. The molecule has 0 saturated carbocycles. The summed E-state index contributed by atoms with van der Waals surface area (Å²) >= 11 is 5.89. The fraction of sp³-hybridized carbons (Fsp3) is 0.0741. The molecule has 34 heavy (non-hydrogen) atoms. The van der Waals surface area contributed by atoms with Gasteiger partial charge in [-0.25, -0.2) is 5.43 Å². The van der Waals surface area contributed by atoms with E-state index >= 15 is 0 Å². The van der Waals surface area contributed by atoms with Gasteiger partial charge in [-0.3, -0.25) is 9.59 Å². The summed E-state index contributed by atoms with van der Waals surface area (Å²) in [6.07, 6.45) is 1.52. The molecular formula is C27H22ClN3O3. The maximum Gasteiger partial charge on any atom is 0.259 e. The van der Waals surface area contributed by atoms with Gasteiger partial charge in [-0.2, -0.15) is 5.10 Å². The third-order valence-corrected chi connectivity index (χ3v) is 5.30. The molecule has 0 fully saturated rings. The Bertz CT molecular complexity index is 1310. The van der Waals surface area contributed by atoms with Crippen LogP contribution in [0.2, 0.25) is 5.02 Å². The number of hydrogen-bond donors (Lipinski definition) is 2. The number of carbonyl (C=O) groups is 2. The maximum absolute atomic E-state index is 12.5. The standard InChI is InChI=1S/C27H22ClN3O3/c28-22-12-8-20(9-13-22)18-34-23-14-10-19(11-15-23)16-30-31-26(32)17-29-27(33)25-7-3-5-21-4-1-2-6-24(21)25/h1-16H,17-18H2,(H,29,33)(H,31,32)/b30-16-. The van der Waals surface area contributed by atoms with Gasteiger partial charge in [0.05, 0.1) is 12.8 Å². The molecule has 4 aromatic carbocycles. The van der Waals surface area contributed by atoms with Crippen LogP contribution in [0.5, 0.6) is 5.75 Å². The predicted molar refractivity (Wildman–Crippen MR) is 134 cm³/mol. The van der Waals surface area contributed by atoms with Crippen molar-refractivity contribution < 1.29 is 14.3 Å². The summed E-state index contributed by atoms with van der Waals surface area (Å²) in [6.45, 7) is 0.252. The molecule has 7 heteroatoms. The Balaban J connectivity index is 1.23. The Morgan fingerprint density at radius 3 is 2.41 bits per heavy atom. The number of fused-ring (bicyclic) bond motifs is 1. The summed E-state index contributed by atoms with van der Waals surface area (Å²) in [5.74, 6) is -0.0230. The summed E-state index contributed by atoms with van der Waals surface area (Å²) in [5.41, 5.74) is 4.75. The van der Waals surface area contributed by atoms with Gasteiger partial charge in [-0.15, -0.1) is 0 Å². The number of rotatable bonds is 8. The Morgan fingerprint density at radius 1 is 0.882 bits per heavy atom. The molecule has 4 rings (SSSR count). The molecule has 170 valence electrons. The Labute approximate surface area is 202 Å². The fourth-order valence-corrected chi connectivity index (χ4v) is 3.42. The van der Waals surface area contributed by atoms with E-state index in [4.69, 9.17) is 16.3 Å². The Kier molecular flexibility index (Phi) is 7.53. The van der Waals surface area contributed by atoms with Gasteiger partial charge >= 0.3 is 0 Å². The Morgan fingerprint density at radius 2 is 1.62 bits per heavy atom. The monoisotopic (exact) mass is 471 g/mol. The van der Waals surface area contributed by atoms with Crippen LogP contribution in [0.1, 0.15) is 21.5 Å². The number of nitrogens with one attached hydrogen (secondary N) is 2. The minimum Gasteiger partial charge on any atom is -0.489 e. The van der Waals surface area contributed by atoms with Crippen molar-refractivity contribution in [2.45, 2.75) is 6.61 Å². The zero-order valence-electron chi connectivity index (χ0n) is 18.2. The number of hydrazone groups is 1. The van der Waals surface area contributed by atoms with Crippen LogP contribution in [-0.2, 0) is 11.4 Å². The number of halogens is 1. The fourth-order valence-electron chi connectivity index (χ4n) is 3.29. The first-order valence-electron chi connectivity index (χ1n) is 10.6. The van der Waals surface area contributed by atoms with E-state index < -0.39 is 5.91 Å². The maximum atomic E-state index is 12.5. The van der Waals surface area contributed by atoms with Crippen LogP contribution >= 0.6 is 11.6 Å². The van der Waals surface area contributed by atoms with Crippen molar-refractivity contribution in [1.82, 2.24) is 10.7 Å². The van der Waals surface area contributed by atoms with Crippen molar-refractivity contribution in [2.24, 2.45) is 5.10 Å². The van der Waals surface area contributed by atoms with E-state index in [-0.39, 0.29) is 12.5 Å². The van der Waals surface area contributed by atoms with Crippen LogP contribution in [0.4, 0.5) is 0 Å². The zero-order chi connectivity index (χ0) is 23.8. The van der Waals surface area contributed by atoms with Crippen molar-refractivity contribution in [2.75, 3.05) is 6.54 Å². The minimum absolute atomic E-state index is 0.184. The van der Waals surface area contributed by atoms with Crippen molar-refractivity contribution in [3.8, 4) is 5.75 Å². The first kappa shape index (κ1) is 23.0. The van der Waals surface area contributed by atoms with E-state index in [9.17, 15) is 9.59 Å². The van der Waals surface area contributed by atoms with Gasteiger partial charge in [-0.05, 0) is 64.4 Å². The molecule has 0 atom stereocenters. The molecule has 0 saturated heterocycles. The van der Waals surface area contributed by atoms with E-state index in [1.54, 1.807) is 6.07 Å². The van der Waals surface area contributed by atoms with Crippen LogP contribution in [0.15, 0.2) is 96.1 Å². The van der Waals surface area contributed by atoms with E-state index in [0.29, 0.717) is 22.9 Å². The smallest absolute Gasteiger partial charge is 0.259 e.